The summed E-state index contributed by atoms with van der Waals surface area (Å²) in [6.45, 7) is 4.22. The van der Waals surface area contributed by atoms with E-state index < -0.39 is 0 Å². The van der Waals surface area contributed by atoms with Gasteiger partial charge in [-0.3, -0.25) is 4.68 Å². The van der Waals surface area contributed by atoms with Gasteiger partial charge in [0.15, 0.2) is 5.65 Å². The maximum atomic E-state index is 4.80. The van der Waals surface area contributed by atoms with Crippen LogP contribution in [0, 0.1) is 6.92 Å². The zero-order valence-corrected chi connectivity index (χ0v) is 14.1. The molecule has 4 heteroatoms. The average molecular weight is 316 g/mol. The van der Waals surface area contributed by atoms with Gasteiger partial charge in [0, 0.05) is 18.5 Å². The van der Waals surface area contributed by atoms with Gasteiger partial charge >= 0.3 is 0 Å². The Labute approximate surface area is 141 Å². The number of para-hydroxylation sites is 1. The van der Waals surface area contributed by atoms with Crippen LogP contribution >= 0.6 is 0 Å². The summed E-state index contributed by atoms with van der Waals surface area (Å²) in [6.07, 6.45) is 0. The number of anilines is 1. The Morgan fingerprint density at radius 1 is 1.00 bits per heavy atom. The average Bonchev–Trinajstić information content (AvgIpc) is 2.89. The molecule has 4 rings (SSSR count). The van der Waals surface area contributed by atoms with E-state index >= 15 is 0 Å². The van der Waals surface area contributed by atoms with Crippen molar-refractivity contribution < 1.29 is 0 Å². The monoisotopic (exact) mass is 316 g/mol. The van der Waals surface area contributed by atoms with Crippen molar-refractivity contribution in [3.05, 3.63) is 65.9 Å². The maximum absolute atomic E-state index is 4.80. The third kappa shape index (κ3) is 2.31. The lowest BCUT2D eigenvalue weighted by Gasteiger charge is -2.18. The number of aromatic nitrogens is 3. The van der Waals surface area contributed by atoms with E-state index in [1.165, 1.54) is 5.56 Å². The highest BCUT2D eigenvalue weighted by molar-refractivity contribution is 6.07. The summed E-state index contributed by atoms with van der Waals surface area (Å²) in [5.74, 6) is 0. The summed E-state index contributed by atoms with van der Waals surface area (Å²) in [6, 6.07) is 18.9. The Kier molecular flexibility index (Phi) is 3.45. The molecule has 0 spiro atoms. The molecule has 0 aliphatic heterocycles. The van der Waals surface area contributed by atoms with Gasteiger partial charge in [0.2, 0.25) is 0 Å². The molecular formula is C20H20N4. The van der Waals surface area contributed by atoms with Gasteiger partial charge in [-0.25, -0.2) is 4.98 Å². The van der Waals surface area contributed by atoms with Crippen LogP contribution in [-0.4, -0.2) is 14.8 Å². The third-order valence-electron chi connectivity index (χ3n) is 4.50. The minimum atomic E-state index is 0.194. The highest BCUT2D eigenvalue weighted by atomic mass is 15.3. The summed E-state index contributed by atoms with van der Waals surface area (Å²) < 4.78 is 1.86. The summed E-state index contributed by atoms with van der Waals surface area (Å²) in [5, 5.41) is 10.5. The number of pyridine rings is 1. The predicted octanol–water partition coefficient (Wildman–Crippen LogP) is 4.60. The van der Waals surface area contributed by atoms with E-state index in [-0.39, 0.29) is 6.04 Å². The number of nitrogens with zero attached hydrogens (tertiary/aromatic N) is 3. The van der Waals surface area contributed by atoms with Crippen LogP contribution in [0.2, 0.25) is 0 Å². The van der Waals surface area contributed by atoms with Gasteiger partial charge in [-0.1, -0.05) is 48.5 Å². The molecule has 0 saturated heterocycles. The molecule has 120 valence electrons. The molecule has 24 heavy (non-hydrogen) atoms. The normalized spacial score (nSPS) is 12.6. The van der Waals surface area contributed by atoms with Crippen molar-refractivity contribution in [1.82, 2.24) is 14.8 Å². The van der Waals surface area contributed by atoms with Gasteiger partial charge in [0.1, 0.15) is 0 Å². The van der Waals surface area contributed by atoms with Gasteiger partial charge < -0.3 is 5.32 Å². The van der Waals surface area contributed by atoms with Gasteiger partial charge in [-0.15, -0.1) is 0 Å². The Morgan fingerprint density at radius 3 is 2.50 bits per heavy atom. The number of benzene rings is 2. The van der Waals surface area contributed by atoms with E-state index in [2.05, 4.69) is 59.8 Å². The molecular weight excluding hydrogens is 296 g/mol. The van der Waals surface area contributed by atoms with Crippen molar-refractivity contribution in [3.8, 4) is 0 Å². The van der Waals surface area contributed by atoms with E-state index in [4.69, 9.17) is 4.98 Å². The van der Waals surface area contributed by atoms with Gasteiger partial charge in [0.05, 0.1) is 22.3 Å². The second-order valence-corrected chi connectivity index (χ2v) is 6.19. The molecule has 0 aliphatic carbocycles. The van der Waals surface area contributed by atoms with Gasteiger partial charge in [-0.05, 0) is 25.5 Å². The van der Waals surface area contributed by atoms with E-state index in [1.54, 1.807) is 0 Å². The minimum Gasteiger partial charge on any atom is -0.377 e. The lowest BCUT2D eigenvalue weighted by molar-refractivity contribution is 0.775. The van der Waals surface area contributed by atoms with Crippen molar-refractivity contribution in [1.29, 1.82) is 0 Å². The molecule has 2 aromatic carbocycles. The van der Waals surface area contributed by atoms with E-state index in [1.807, 2.05) is 30.8 Å². The summed E-state index contributed by atoms with van der Waals surface area (Å²) in [4.78, 5) is 4.80. The first kappa shape index (κ1) is 14.7. The zero-order chi connectivity index (χ0) is 16.7. The molecule has 1 N–H and O–H groups in total. The first-order valence-corrected chi connectivity index (χ1v) is 8.18. The second-order valence-electron chi connectivity index (χ2n) is 6.19. The first-order valence-electron chi connectivity index (χ1n) is 8.18. The molecule has 0 fully saturated rings. The molecule has 0 aliphatic rings. The molecule has 2 aromatic heterocycles. The molecule has 0 saturated carbocycles. The molecule has 2 heterocycles. The lowest BCUT2D eigenvalue weighted by atomic mass is 10.1. The van der Waals surface area contributed by atoms with Crippen LogP contribution in [0.25, 0.3) is 21.9 Å². The van der Waals surface area contributed by atoms with Crippen LogP contribution < -0.4 is 5.32 Å². The van der Waals surface area contributed by atoms with E-state index in [0.29, 0.717) is 0 Å². The van der Waals surface area contributed by atoms with Crippen molar-refractivity contribution in [3.63, 3.8) is 0 Å². The standard InChI is InChI=1S/C20H20N4/c1-13(15-9-5-4-6-10-15)21-19-16-11-7-8-12-17(16)22-20-18(19)14(2)23-24(20)3/h4-13H,1-3H3,(H,21,22)/t13-/m0/s1. The fourth-order valence-electron chi connectivity index (χ4n) is 3.29. The van der Waals surface area contributed by atoms with Crippen LogP contribution in [0.5, 0.6) is 0 Å². The predicted molar refractivity (Wildman–Crippen MR) is 99.2 cm³/mol. The molecule has 1 atom stereocenters. The molecule has 0 bridgehead atoms. The number of nitrogens with one attached hydrogen (secondary N) is 1. The van der Waals surface area contributed by atoms with Crippen LogP contribution in [-0.2, 0) is 7.05 Å². The molecule has 4 aromatic rings. The zero-order valence-electron chi connectivity index (χ0n) is 14.1. The number of fused-ring (bicyclic) bond motifs is 2. The van der Waals surface area contributed by atoms with Crippen molar-refractivity contribution in [2.24, 2.45) is 7.05 Å². The molecule has 0 radical (unpaired) electrons. The highest BCUT2D eigenvalue weighted by Gasteiger charge is 2.17. The van der Waals surface area contributed by atoms with Crippen LogP contribution in [0.15, 0.2) is 54.6 Å². The first-order chi connectivity index (χ1) is 11.6. The SMILES string of the molecule is Cc1nn(C)c2nc3ccccc3c(N[C@@H](C)c3ccccc3)c12. The van der Waals surface area contributed by atoms with Crippen molar-refractivity contribution in [2.75, 3.05) is 5.32 Å². The maximum Gasteiger partial charge on any atom is 0.160 e. The van der Waals surface area contributed by atoms with Crippen LogP contribution in [0.4, 0.5) is 5.69 Å². The fraction of sp³-hybridized carbons (Fsp3) is 0.200. The second kappa shape index (κ2) is 5.64. The topological polar surface area (TPSA) is 42.7 Å². The Balaban J connectivity index is 1.94. The minimum absolute atomic E-state index is 0.194. The molecule has 0 amide bonds. The molecule has 0 unspecified atom stereocenters. The number of hydrogen-bond acceptors (Lipinski definition) is 3. The quantitative estimate of drug-likeness (QED) is 0.600. The summed E-state index contributed by atoms with van der Waals surface area (Å²) in [5.41, 5.74) is 5.25. The largest absolute Gasteiger partial charge is 0.377 e. The fourth-order valence-corrected chi connectivity index (χ4v) is 3.29. The lowest BCUT2D eigenvalue weighted by Crippen LogP contribution is -2.08. The molecule has 4 nitrogen and oxygen atoms in total. The Morgan fingerprint density at radius 2 is 1.71 bits per heavy atom. The van der Waals surface area contributed by atoms with E-state index in [0.717, 1.165) is 33.3 Å². The summed E-state index contributed by atoms with van der Waals surface area (Å²) in [7, 11) is 1.95. The van der Waals surface area contributed by atoms with Gasteiger partial charge in [0.25, 0.3) is 0 Å². The van der Waals surface area contributed by atoms with E-state index in [9.17, 15) is 0 Å². The Bertz CT molecular complexity index is 1020. The van der Waals surface area contributed by atoms with Crippen molar-refractivity contribution in [2.45, 2.75) is 19.9 Å². The number of hydrogen-bond donors (Lipinski definition) is 1. The number of rotatable bonds is 3. The number of aryl methyl sites for hydroxylation is 2. The van der Waals surface area contributed by atoms with Gasteiger partial charge in [-0.2, -0.15) is 5.10 Å². The Hall–Kier alpha value is -2.88. The smallest absolute Gasteiger partial charge is 0.160 e. The highest BCUT2D eigenvalue weighted by Crippen LogP contribution is 2.34. The third-order valence-corrected chi connectivity index (χ3v) is 4.50. The van der Waals surface area contributed by atoms with Crippen LogP contribution in [0.1, 0.15) is 24.2 Å². The van der Waals surface area contributed by atoms with Crippen LogP contribution in [0.3, 0.4) is 0 Å². The summed E-state index contributed by atoms with van der Waals surface area (Å²) >= 11 is 0. The van der Waals surface area contributed by atoms with Crippen molar-refractivity contribution >= 4 is 27.6 Å².